The molecule has 8 aliphatic rings. The highest BCUT2D eigenvalue weighted by molar-refractivity contribution is 5.85. The van der Waals surface area contributed by atoms with E-state index in [4.69, 9.17) is 14.7 Å². The lowest BCUT2D eigenvalue weighted by Crippen LogP contribution is -2.37. The largest absolute Gasteiger partial charge is 0.485 e. The summed E-state index contributed by atoms with van der Waals surface area (Å²) < 4.78 is 6.67. The van der Waals surface area contributed by atoms with Crippen molar-refractivity contribution in [2.45, 2.75) is 57.0 Å². The van der Waals surface area contributed by atoms with Crippen molar-refractivity contribution >= 4 is 5.57 Å². The first-order chi connectivity index (χ1) is 27.6. The van der Waals surface area contributed by atoms with Gasteiger partial charge in [0, 0.05) is 46.3 Å². The molecule has 274 valence electrons. The number of hydrogen-bond acceptors (Lipinski definition) is 3. The maximum atomic E-state index is 6.67. The van der Waals surface area contributed by atoms with Crippen molar-refractivity contribution in [3.63, 3.8) is 0 Å². The van der Waals surface area contributed by atoms with Crippen LogP contribution in [0.25, 0.3) is 28.1 Å². The lowest BCUT2D eigenvalue weighted by molar-refractivity contribution is 0.0872. The topological polar surface area (TPSA) is 35.0 Å². The molecule has 1 aromatic heterocycles. The van der Waals surface area contributed by atoms with Crippen LogP contribution in [0.1, 0.15) is 67.8 Å². The number of aromatic nitrogens is 2. The molecule has 3 heteroatoms. The lowest BCUT2D eigenvalue weighted by Gasteiger charge is -2.40. The van der Waals surface area contributed by atoms with Crippen LogP contribution >= 0.6 is 0 Å². The van der Waals surface area contributed by atoms with E-state index in [9.17, 15) is 0 Å². The monoisotopic (exact) mass is 726 g/mol. The molecule has 0 saturated carbocycles. The van der Waals surface area contributed by atoms with Crippen molar-refractivity contribution in [2.24, 2.45) is 23.2 Å². The number of ether oxygens (including phenoxy) is 1. The normalized spacial score (nSPS) is 30.3. The third-order valence-electron chi connectivity index (χ3n) is 13.4. The molecule has 0 saturated heterocycles. The van der Waals surface area contributed by atoms with E-state index < -0.39 is 0 Å². The molecule has 0 N–H and O–H groups in total. The number of benzene rings is 2. The molecule has 0 amide bonds. The third kappa shape index (κ3) is 5.54. The fourth-order valence-electron chi connectivity index (χ4n) is 10.5. The summed E-state index contributed by atoms with van der Waals surface area (Å²) in [6.07, 6.45) is 47.5. The van der Waals surface area contributed by atoms with E-state index in [-0.39, 0.29) is 29.3 Å². The minimum absolute atomic E-state index is 0.00903. The first kappa shape index (κ1) is 33.5. The van der Waals surface area contributed by atoms with Gasteiger partial charge in [0.15, 0.2) is 0 Å². The highest BCUT2D eigenvalue weighted by atomic mass is 16.5. The fraction of sp³-hybridized carbons (Fsp3) is 0.245. The zero-order chi connectivity index (χ0) is 37.2. The molecule has 2 aromatic carbocycles. The van der Waals surface area contributed by atoms with Crippen LogP contribution < -0.4 is 0 Å². The SMILES string of the molecule is CC1(C2C=CC=C3C4=C(C=CCC4)OC32)C=C(C2C=CC(C3C=C(c4nc5c(nc4-c4ccccc4)-c4ccccc4C4C=CC=CC54)C=CC3)=CC2)C=CC1. The van der Waals surface area contributed by atoms with E-state index in [1.807, 2.05) is 0 Å². The minimum Gasteiger partial charge on any atom is -0.485 e. The van der Waals surface area contributed by atoms with Gasteiger partial charge in [-0.05, 0) is 71.5 Å². The highest BCUT2D eigenvalue weighted by Crippen LogP contribution is 2.52. The van der Waals surface area contributed by atoms with Gasteiger partial charge in [-0.1, -0.05) is 165 Å². The standard InChI is InChI=1S/C53H46N2O/c1-53(46-25-12-24-45-42-21-9-10-26-47(42)56-52(45)46)31-13-18-39(33-53)35-29-27-34(28-30-35)37-16-11-17-38(32-37)49-48(36-14-3-2-4-15-36)54-50-43-22-7-5-19-40(43)41-20-6-8-23-44(41)51(50)55-49/h2-8,10-15,17-20,22-29,32-33,35,37,41,44,46,52H,9,16,21,30-31H2,1H3. The van der Waals surface area contributed by atoms with Crippen molar-refractivity contribution in [3.8, 4) is 22.5 Å². The number of rotatable bonds is 5. The van der Waals surface area contributed by atoms with E-state index in [0.29, 0.717) is 11.8 Å². The minimum atomic E-state index is -0.00903. The smallest absolute Gasteiger partial charge is 0.131 e. The van der Waals surface area contributed by atoms with Crippen LogP contribution in [0.3, 0.4) is 0 Å². The second-order valence-corrected chi connectivity index (χ2v) is 16.8. The van der Waals surface area contributed by atoms with Crippen LogP contribution in [0.4, 0.5) is 0 Å². The summed E-state index contributed by atoms with van der Waals surface area (Å²) in [5.74, 6) is 2.47. The average Bonchev–Trinajstić information content (AvgIpc) is 3.65. The molecule has 7 aliphatic carbocycles. The predicted octanol–water partition coefficient (Wildman–Crippen LogP) is 12.6. The second kappa shape index (κ2) is 13.4. The first-order valence-corrected chi connectivity index (χ1v) is 20.6. The summed E-state index contributed by atoms with van der Waals surface area (Å²) in [4.78, 5) is 11.1. The molecule has 7 atom stereocenters. The third-order valence-corrected chi connectivity index (χ3v) is 13.4. The Bertz CT molecular complexity index is 2530. The van der Waals surface area contributed by atoms with E-state index in [2.05, 4.69) is 171 Å². The molecule has 0 spiro atoms. The summed E-state index contributed by atoms with van der Waals surface area (Å²) >= 11 is 0. The summed E-state index contributed by atoms with van der Waals surface area (Å²) in [6, 6.07) is 19.4. The molecular weight excluding hydrogens is 681 g/mol. The van der Waals surface area contributed by atoms with Crippen molar-refractivity contribution in [1.82, 2.24) is 9.97 Å². The van der Waals surface area contributed by atoms with Crippen LogP contribution in [-0.4, -0.2) is 16.1 Å². The van der Waals surface area contributed by atoms with Gasteiger partial charge in [0.05, 0.1) is 22.8 Å². The summed E-state index contributed by atoms with van der Waals surface area (Å²) in [5.41, 5.74) is 14.4. The highest BCUT2D eigenvalue weighted by Gasteiger charge is 2.45. The zero-order valence-corrected chi connectivity index (χ0v) is 31.9. The molecule has 0 bridgehead atoms. The van der Waals surface area contributed by atoms with Crippen LogP contribution in [0, 0.1) is 23.2 Å². The van der Waals surface area contributed by atoms with Crippen molar-refractivity contribution in [3.05, 3.63) is 209 Å². The Morgan fingerprint density at radius 2 is 1.59 bits per heavy atom. The van der Waals surface area contributed by atoms with Gasteiger partial charge >= 0.3 is 0 Å². The number of allylic oxidation sites excluding steroid dienone is 20. The Kier molecular flexibility index (Phi) is 8.05. The predicted molar refractivity (Wildman–Crippen MR) is 228 cm³/mol. The molecular formula is C53H46N2O. The maximum Gasteiger partial charge on any atom is 0.131 e. The van der Waals surface area contributed by atoms with Gasteiger partial charge in [0.1, 0.15) is 11.9 Å². The number of fused-ring (bicyclic) bond motifs is 8. The Balaban J connectivity index is 0.886. The Labute approximate surface area is 330 Å². The van der Waals surface area contributed by atoms with Gasteiger partial charge in [-0.3, -0.25) is 0 Å². The van der Waals surface area contributed by atoms with Crippen LogP contribution in [0.2, 0.25) is 0 Å². The molecule has 3 nitrogen and oxygen atoms in total. The van der Waals surface area contributed by atoms with Crippen molar-refractivity contribution in [1.29, 1.82) is 0 Å². The van der Waals surface area contributed by atoms with Gasteiger partial charge in [-0.2, -0.15) is 0 Å². The lowest BCUT2D eigenvalue weighted by atomic mass is 9.65. The number of hydrogen-bond donors (Lipinski definition) is 0. The van der Waals surface area contributed by atoms with Crippen LogP contribution in [0.5, 0.6) is 0 Å². The molecule has 7 unspecified atom stereocenters. The summed E-state index contributed by atoms with van der Waals surface area (Å²) in [5, 5.41) is 0. The molecule has 0 fully saturated rings. The second-order valence-electron chi connectivity index (χ2n) is 16.8. The van der Waals surface area contributed by atoms with Gasteiger partial charge < -0.3 is 4.74 Å². The van der Waals surface area contributed by atoms with Crippen LogP contribution in [0.15, 0.2) is 192 Å². The summed E-state index contributed by atoms with van der Waals surface area (Å²) in [6.45, 7) is 2.44. The van der Waals surface area contributed by atoms with Gasteiger partial charge in [-0.15, -0.1) is 0 Å². The molecule has 0 radical (unpaired) electrons. The Morgan fingerprint density at radius 3 is 2.48 bits per heavy atom. The van der Waals surface area contributed by atoms with E-state index >= 15 is 0 Å². The van der Waals surface area contributed by atoms with Gasteiger partial charge in [-0.25, -0.2) is 9.97 Å². The molecule has 2 heterocycles. The molecule has 1 aliphatic heterocycles. The Morgan fingerprint density at radius 1 is 0.714 bits per heavy atom. The quantitative estimate of drug-likeness (QED) is 0.263. The van der Waals surface area contributed by atoms with Gasteiger partial charge in [0.2, 0.25) is 0 Å². The number of nitrogens with zero attached hydrogens (tertiary/aromatic N) is 2. The first-order valence-electron chi connectivity index (χ1n) is 20.6. The van der Waals surface area contributed by atoms with Crippen molar-refractivity contribution in [2.75, 3.05) is 0 Å². The summed E-state index contributed by atoms with van der Waals surface area (Å²) in [7, 11) is 0. The zero-order valence-electron chi connectivity index (χ0n) is 31.9. The fourth-order valence-corrected chi connectivity index (χ4v) is 10.5. The molecule has 3 aromatic rings. The van der Waals surface area contributed by atoms with Crippen LogP contribution in [-0.2, 0) is 4.74 Å². The van der Waals surface area contributed by atoms with E-state index in [1.54, 1.807) is 0 Å². The van der Waals surface area contributed by atoms with E-state index in [0.717, 1.165) is 71.8 Å². The maximum absolute atomic E-state index is 6.67. The Hall–Kier alpha value is -5.80. The van der Waals surface area contributed by atoms with E-state index in [1.165, 1.54) is 33.4 Å². The van der Waals surface area contributed by atoms with Crippen molar-refractivity contribution < 1.29 is 4.74 Å². The molecule has 11 rings (SSSR count). The van der Waals surface area contributed by atoms with Gasteiger partial charge in [0.25, 0.3) is 0 Å². The average molecular weight is 727 g/mol. The molecule has 56 heavy (non-hydrogen) atoms.